The van der Waals surface area contributed by atoms with Gasteiger partial charge in [0.15, 0.2) is 0 Å². The van der Waals surface area contributed by atoms with E-state index in [1.807, 2.05) is 12.4 Å². The van der Waals surface area contributed by atoms with E-state index in [-0.39, 0.29) is 5.54 Å². The van der Waals surface area contributed by atoms with Crippen molar-refractivity contribution in [1.82, 2.24) is 10.3 Å². The van der Waals surface area contributed by atoms with Gasteiger partial charge in [-0.2, -0.15) is 0 Å². The fourth-order valence-corrected chi connectivity index (χ4v) is 2.30. The second-order valence-corrected chi connectivity index (χ2v) is 6.45. The van der Waals surface area contributed by atoms with Crippen molar-refractivity contribution in [2.45, 2.75) is 39.7 Å². The minimum atomic E-state index is 0.191. The molecule has 2 rings (SSSR count). The molecule has 2 aromatic rings. The van der Waals surface area contributed by atoms with Crippen molar-refractivity contribution in [1.29, 1.82) is 0 Å². The molecular weight excluding hydrogens is 232 g/mol. The Hall–Kier alpha value is -1.41. The topological polar surface area (TPSA) is 24.9 Å². The molecule has 102 valence electrons. The summed E-state index contributed by atoms with van der Waals surface area (Å²) in [7, 11) is 0. The molecule has 0 bridgehead atoms. The van der Waals surface area contributed by atoms with E-state index < -0.39 is 0 Å². The molecule has 1 heterocycles. The Morgan fingerprint density at radius 3 is 2.74 bits per heavy atom. The van der Waals surface area contributed by atoms with Crippen LogP contribution in [0.1, 0.15) is 33.3 Å². The predicted molar refractivity (Wildman–Crippen MR) is 82.4 cm³/mol. The van der Waals surface area contributed by atoms with E-state index in [1.165, 1.54) is 16.3 Å². The highest BCUT2D eigenvalue weighted by Crippen LogP contribution is 2.20. The van der Waals surface area contributed by atoms with E-state index in [4.69, 9.17) is 0 Å². The first-order valence-corrected chi connectivity index (χ1v) is 7.02. The van der Waals surface area contributed by atoms with Crippen LogP contribution in [0.4, 0.5) is 0 Å². The lowest BCUT2D eigenvalue weighted by Gasteiger charge is -2.23. The molecule has 0 saturated heterocycles. The second-order valence-electron chi connectivity index (χ2n) is 6.45. The van der Waals surface area contributed by atoms with Crippen molar-refractivity contribution in [3.63, 3.8) is 0 Å². The smallest absolute Gasteiger partial charge is 0.0346 e. The SMILES string of the molecule is CC(CNC(C)(C)C)Cc1cccc2cnccc12. The van der Waals surface area contributed by atoms with E-state index in [2.05, 4.69) is 62.3 Å². The van der Waals surface area contributed by atoms with Gasteiger partial charge in [-0.1, -0.05) is 25.1 Å². The number of rotatable bonds is 4. The molecule has 0 radical (unpaired) electrons. The average molecular weight is 256 g/mol. The van der Waals surface area contributed by atoms with E-state index in [0.29, 0.717) is 5.92 Å². The summed E-state index contributed by atoms with van der Waals surface area (Å²) in [6.07, 6.45) is 4.92. The van der Waals surface area contributed by atoms with E-state index in [1.54, 1.807) is 0 Å². The Balaban J connectivity index is 2.09. The van der Waals surface area contributed by atoms with Gasteiger partial charge in [0.2, 0.25) is 0 Å². The molecule has 1 aromatic carbocycles. The highest BCUT2D eigenvalue weighted by molar-refractivity contribution is 5.84. The number of pyridine rings is 1. The number of nitrogens with one attached hydrogen (secondary N) is 1. The summed E-state index contributed by atoms with van der Waals surface area (Å²) in [6.45, 7) is 9.99. The number of nitrogens with zero attached hydrogens (tertiary/aromatic N) is 1. The summed E-state index contributed by atoms with van der Waals surface area (Å²) in [6, 6.07) is 8.61. The highest BCUT2D eigenvalue weighted by Gasteiger charge is 2.12. The number of aromatic nitrogens is 1. The molecule has 2 nitrogen and oxygen atoms in total. The van der Waals surface area contributed by atoms with Crippen LogP contribution >= 0.6 is 0 Å². The van der Waals surface area contributed by atoms with Gasteiger partial charge in [-0.25, -0.2) is 0 Å². The van der Waals surface area contributed by atoms with Crippen molar-refractivity contribution in [3.8, 4) is 0 Å². The zero-order chi connectivity index (χ0) is 13.9. The van der Waals surface area contributed by atoms with Crippen LogP contribution in [0.15, 0.2) is 36.7 Å². The Bertz CT molecular complexity index is 535. The Labute approximate surface area is 116 Å². The molecule has 2 heteroatoms. The summed E-state index contributed by atoms with van der Waals surface area (Å²) >= 11 is 0. The van der Waals surface area contributed by atoms with Crippen LogP contribution in [0.25, 0.3) is 10.8 Å². The first kappa shape index (κ1) is 14.0. The predicted octanol–water partition coefficient (Wildman–Crippen LogP) is 3.80. The number of hydrogen-bond acceptors (Lipinski definition) is 2. The fraction of sp³-hybridized carbons (Fsp3) is 0.471. The molecule has 1 unspecified atom stereocenters. The van der Waals surface area contributed by atoms with Crippen LogP contribution in [0, 0.1) is 5.92 Å². The molecule has 0 spiro atoms. The standard InChI is InChI=1S/C17H24N2/c1-13(11-19-17(2,3)4)10-14-6-5-7-15-12-18-9-8-16(14)15/h5-9,12-13,19H,10-11H2,1-4H3. The van der Waals surface area contributed by atoms with Crippen molar-refractivity contribution < 1.29 is 0 Å². The molecule has 0 fully saturated rings. The maximum Gasteiger partial charge on any atom is 0.0346 e. The summed E-state index contributed by atoms with van der Waals surface area (Å²) < 4.78 is 0. The minimum absolute atomic E-state index is 0.191. The molecule has 0 amide bonds. The van der Waals surface area contributed by atoms with Crippen LogP contribution in [-0.2, 0) is 6.42 Å². The summed E-state index contributed by atoms with van der Waals surface area (Å²) in [5.74, 6) is 0.623. The molecular formula is C17H24N2. The first-order chi connectivity index (χ1) is 8.96. The van der Waals surface area contributed by atoms with Gasteiger partial charge >= 0.3 is 0 Å². The van der Waals surface area contributed by atoms with Crippen molar-refractivity contribution in [3.05, 3.63) is 42.2 Å². The zero-order valence-electron chi connectivity index (χ0n) is 12.4. The monoisotopic (exact) mass is 256 g/mol. The van der Waals surface area contributed by atoms with Gasteiger partial charge in [-0.15, -0.1) is 0 Å². The summed E-state index contributed by atoms with van der Waals surface area (Å²) in [5.41, 5.74) is 1.61. The van der Waals surface area contributed by atoms with Crippen molar-refractivity contribution >= 4 is 10.8 Å². The Morgan fingerprint density at radius 1 is 1.21 bits per heavy atom. The Morgan fingerprint density at radius 2 is 2.00 bits per heavy atom. The molecule has 0 saturated carbocycles. The van der Waals surface area contributed by atoms with E-state index in [9.17, 15) is 0 Å². The third-order valence-electron chi connectivity index (χ3n) is 3.32. The zero-order valence-corrected chi connectivity index (χ0v) is 12.4. The fourth-order valence-electron chi connectivity index (χ4n) is 2.30. The van der Waals surface area contributed by atoms with Crippen molar-refractivity contribution in [2.75, 3.05) is 6.54 Å². The van der Waals surface area contributed by atoms with Crippen LogP contribution in [0.2, 0.25) is 0 Å². The number of fused-ring (bicyclic) bond motifs is 1. The summed E-state index contributed by atoms with van der Waals surface area (Å²) in [4.78, 5) is 4.19. The maximum atomic E-state index is 4.19. The van der Waals surface area contributed by atoms with Gasteiger partial charge in [0.1, 0.15) is 0 Å². The first-order valence-electron chi connectivity index (χ1n) is 7.02. The molecule has 0 aliphatic rings. The molecule has 1 atom stereocenters. The maximum absolute atomic E-state index is 4.19. The largest absolute Gasteiger partial charge is 0.312 e. The minimum Gasteiger partial charge on any atom is -0.312 e. The molecule has 1 aromatic heterocycles. The average Bonchev–Trinajstić information content (AvgIpc) is 2.36. The quantitative estimate of drug-likeness (QED) is 0.900. The third kappa shape index (κ3) is 4.03. The normalized spacial score (nSPS) is 13.7. The van der Waals surface area contributed by atoms with Gasteiger partial charge < -0.3 is 5.32 Å². The number of benzene rings is 1. The van der Waals surface area contributed by atoms with Gasteiger partial charge in [0, 0.05) is 23.3 Å². The van der Waals surface area contributed by atoms with Crippen LogP contribution in [0.3, 0.4) is 0 Å². The van der Waals surface area contributed by atoms with Crippen LogP contribution in [-0.4, -0.2) is 17.1 Å². The lowest BCUT2D eigenvalue weighted by molar-refractivity contribution is 0.382. The molecule has 0 aliphatic carbocycles. The van der Waals surface area contributed by atoms with Gasteiger partial charge in [0.05, 0.1) is 0 Å². The molecule has 0 aliphatic heterocycles. The Kier molecular flexibility index (Phi) is 4.20. The van der Waals surface area contributed by atoms with Gasteiger partial charge in [-0.3, -0.25) is 4.98 Å². The lowest BCUT2D eigenvalue weighted by Crippen LogP contribution is -2.39. The van der Waals surface area contributed by atoms with E-state index in [0.717, 1.165) is 13.0 Å². The van der Waals surface area contributed by atoms with Crippen LogP contribution in [0.5, 0.6) is 0 Å². The lowest BCUT2D eigenvalue weighted by atomic mass is 9.96. The third-order valence-corrected chi connectivity index (χ3v) is 3.32. The number of hydrogen-bond donors (Lipinski definition) is 1. The molecule has 1 N–H and O–H groups in total. The van der Waals surface area contributed by atoms with Gasteiger partial charge in [-0.05, 0) is 56.7 Å². The molecule has 19 heavy (non-hydrogen) atoms. The van der Waals surface area contributed by atoms with Crippen LogP contribution < -0.4 is 5.32 Å². The van der Waals surface area contributed by atoms with E-state index >= 15 is 0 Å². The van der Waals surface area contributed by atoms with Crippen molar-refractivity contribution in [2.24, 2.45) is 5.92 Å². The highest BCUT2D eigenvalue weighted by atomic mass is 14.9. The van der Waals surface area contributed by atoms with Gasteiger partial charge in [0.25, 0.3) is 0 Å². The summed E-state index contributed by atoms with van der Waals surface area (Å²) in [5, 5.41) is 6.14. The second kappa shape index (κ2) is 5.70.